The standard InChI is InChI=1S/C23H31N3O4/c1-16(2)26-15-19(14-22(26)29)23(30)25-12-10-24(11-13-25)21(28)9-8-20(27)18-6-4-17(3)5-7-18/h4-7,16,19H,8-15H2,1-3H3. The molecule has 0 aromatic heterocycles. The highest BCUT2D eigenvalue weighted by molar-refractivity contribution is 5.98. The Kier molecular flexibility index (Phi) is 6.90. The number of hydrogen-bond acceptors (Lipinski definition) is 4. The van der Waals surface area contributed by atoms with E-state index in [1.807, 2.05) is 32.9 Å². The highest BCUT2D eigenvalue weighted by Crippen LogP contribution is 2.23. The molecule has 1 aromatic carbocycles. The van der Waals surface area contributed by atoms with Crippen LogP contribution in [0.1, 0.15) is 49.0 Å². The van der Waals surface area contributed by atoms with Gasteiger partial charge in [0.2, 0.25) is 17.7 Å². The fourth-order valence-corrected chi connectivity index (χ4v) is 4.09. The lowest BCUT2D eigenvalue weighted by molar-refractivity contribution is -0.142. The Hall–Kier alpha value is -2.70. The third kappa shape index (κ3) is 5.07. The third-order valence-electron chi connectivity index (χ3n) is 6.01. The molecule has 2 fully saturated rings. The fraction of sp³-hybridized carbons (Fsp3) is 0.565. The number of rotatable bonds is 6. The van der Waals surface area contributed by atoms with Crippen LogP contribution in [0.5, 0.6) is 0 Å². The van der Waals surface area contributed by atoms with Crippen LogP contribution in [-0.4, -0.2) is 77.0 Å². The molecule has 0 spiro atoms. The first-order valence-corrected chi connectivity index (χ1v) is 10.7. The summed E-state index contributed by atoms with van der Waals surface area (Å²) in [6.45, 7) is 8.25. The van der Waals surface area contributed by atoms with Crippen molar-refractivity contribution >= 4 is 23.5 Å². The molecular weight excluding hydrogens is 382 g/mol. The molecule has 1 aromatic rings. The van der Waals surface area contributed by atoms with E-state index in [1.54, 1.807) is 26.8 Å². The smallest absolute Gasteiger partial charge is 0.228 e. The van der Waals surface area contributed by atoms with Gasteiger partial charge in [0.15, 0.2) is 5.78 Å². The molecule has 0 radical (unpaired) electrons. The second kappa shape index (κ2) is 9.41. The molecule has 1 atom stereocenters. The molecule has 0 bridgehead atoms. The summed E-state index contributed by atoms with van der Waals surface area (Å²) in [4.78, 5) is 54.9. The van der Waals surface area contributed by atoms with Gasteiger partial charge in [0.1, 0.15) is 0 Å². The number of likely N-dealkylation sites (tertiary alicyclic amines) is 1. The Labute approximate surface area is 178 Å². The fourth-order valence-electron chi connectivity index (χ4n) is 4.09. The lowest BCUT2D eigenvalue weighted by atomic mass is 10.0. The molecule has 2 saturated heterocycles. The van der Waals surface area contributed by atoms with Crippen molar-refractivity contribution in [3.05, 3.63) is 35.4 Å². The van der Waals surface area contributed by atoms with Gasteiger partial charge < -0.3 is 14.7 Å². The van der Waals surface area contributed by atoms with Crippen LogP contribution in [0.25, 0.3) is 0 Å². The van der Waals surface area contributed by atoms with Crippen LogP contribution in [0, 0.1) is 12.8 Å². The molecule has 2 aliphatic heterocycles. The van der Waals surface area contributed by atoms with Crippen molar-refractivity contribution in [1.82, 2.24) is 14.7 Å². The summed E-state index contributed by atoms with van der Waals surface area (Å²) in [6, 6.07) is 7.47. The van der Waals surface area contributed by atoms with Crippen LogP contribution < -0.4 is 0 Å². The summed E-state index contributed by atoms with van der Waals surface area (Å²) in [5.41, 5.74) is 1.72. The van der Waals surface area contributed by atoms with Crippen molar-refractivity contribution in [3.8, 4) is 0 Å². The van der Waals surface area contributed by atoms with Crippen molar-refractivity contribution < 1.29 is 19.2 Å². The Morgan fingerprint density at radius 2 is 1.57 bits per heavy atom. The van der Waals surface area contributed by atoms with Crippen molar-refractivity contribution in [3.63, 3.8) is 0 Å². The number of carbonyl (C=O) groups is 4. The molecule has 3 amide bonds. The maximum absolute atomic E-state index is 12.8. The first-order valence-electron chi connectivity index (χ1n) is 10.7. The van der Waals surface area contributed by atoms with Gasteiger partial charge in [-0.3, -0.25) is 19.2 Å². The normalized spacial score (nSPS) is 19.5. The van der Waals surface area contributed by atoms with Gasteiger partial charge in [-0.25, -0.2) is 0 Å². The lowest BCUT2D eigenvalue weighted by Gasteiger charge is -2.36. The van der Waals surface area contributed by atoms with E-state index in [-0.39, 0.29) is 54.7 Å². The molecule has 0 saturated carbocycles. The van der Waals surface area contributed by atoms with E-state index in [0.29, 0.717) is 38.3 Å². The molecule has 3 rings (SSSR count). The highest BCUT2D eigenvalue weighted by atomic mass is 16.2. The zero-order valence-electron chi connectivity index (χ0n) is 18.1. The largest absolute Gasteiger partial charge is 0.339 e. The van der Waals surface area contributed by atoms with Gasteiger partial charge in [0.05, 0.1) is 5.92 Å². The average Bonchev–Trinajstić information content (AvgIpc) is 3.14. The van der Waals surface area contributed by atoms with Gasteiger partial charge in [0.25, 0.3) is 0 Å². The van der Waals surface area contributed by atoms with Crippen molar-refractivity contribution in [2.24, 2.45) is 5.92 Å². The summed E-state index contributed by atoms with van der Waals surface area (Å²) in [5.74, 6) is -0.319. The Bertz CT molecular complexity index is 810. The lowest BCUT2D eigenvalue weighted by Crippen LogP contribution is -2.52. The van der Waals surface area contributed by atoms with Crippen LogP contribution in [0.3, 0.4) is 0 Å². The number of amides is 3. The minimum absolute atomic E-state index is 0.00754. The maximum atomic E-state index is 12.8. The predicted molar refractivity (Wildman–Crippen MR) is 113 cm³/mol. The minimum Gasteiger partial charge on any atom is -0.339 e. The van der Waals surface area contributed by atoms with Gasteiger partial charge >= 0.3 is 0 Å². The molecule has 7 nitrogen and oxygen atoms in total. The second-order valence-corrected chi connectivity index (χ2v) is 8.54. The Balaban J connectivity index is 1.44. The van der Waals surface area contributed by atoms with E-state index in [9.17, 15) is 19.2 Å². The molecule has 162 valence electrons. The number of aryl methyl sites for hydroxylation is 1. The molecular formula is C23H31N3O4. The summed E-state index contributed by atoms with van der Waals surface area (Å²) >= 11 is 0. The van der Waals surface area contributed by atoms with E-state index in [1.165, 1.54) is 0 Å². The zero-order chi connectivity index (χ0) is 21.8. The number of ketones is 1. The monoisotopic (exact) mass is 413 g/mol. The van der Waals surface area contributed by atoms with Crippen LogP contribution in [-0.2, 0) is 14.4 Å². The summed E-state index contributed by atoms with van der Waals surface area (Å²) < 4.78 is 0. The van der Waals surface area contributed by atoms with E-state index in [2.05, 4.69) is 0 Å². The number of benzene rings is 1. The molecule has 0 aliphatic carbocycles. The number of hydrogen-bond donors (Lipinski definition) is 0. The quantitative estimate of drug-likeness (QED) is 0.667. The minimum atomic E-state index is -0.283. The first kappa shape index (κ1) is 22.0. The predicted octanol–water partition coefficient (Wildman–Crippen LogP) is 1.89. The van der Waals surface area contributed by atoms with Crippen LogP contribution in [0.15, 0.2) is 24.3 Å². The summed E-state index contributed by atoms with van der Waals surface area (Å²) in [6.07, 6.45) is 0.647. The van der Waals surface area contributed by atoms with Gasteiger partial charge in [-0.1, -0.05) is 29.8 Å². The summed E-state index contributed by atoms with van der Waals surface area (Å²) in [5, 5.41) is 0. The van der Waals surface area contributed by atoms with Gasteiger partial charge in [0, 0.05) is 63.6 Å². The molecule has 0 N–H and O–H groups in total. The molecule has 2 heterocycles. The molecule has 1 unspecified atom stereocenters. The maximum Gasteiger partial charge on any atom is 0.228 e. The van der Waals surface area contributed by atoms with E-state index < -0.39 is 0 Å². The van der Waals surface area contributed by atoms with E-state index in [4.69, 9.17) is 0 Å². The van der Waals surface area contributed by atoms with E-state index in [0.717, 1.165) is 5.56 Å². The second-order valence-electron chi connectivity index (χ2n) is 8.54. The molecule has 7 heteroatoms. The average molecular weight is 414 g/mol. The number of carbonyl (C=O) groups excluding carboxylic acids is 4. The number of nitrogens with zero attached hydrogens (tertiary/aromatic N) is 3. The first-order chi connectivity index (χ1) is 14.3. The Morgan fingerprint density at radius 3 is 2.13 bits per heavy atom. The van der Waals surface area contributed by atoms with Crippen molar-refractivity contribution in [2.45, 2.75) is 46.1 Å². The van der Waals surface area contributed by atoms with E-state index >= 15 is 0 Å². The van der Waals surface area contributed by atoms with Gasteiger partial charge in [-0.05, 0) is 20.8 Å². The molecule has 30 heavy (non-hydrogen) atoms. The molecule has 2 aliphatic rings. The highest BCUT2D eigenvalue weighted by Gasteiger charge is 2.38. The number of Topliss-reactive ketones (excluding diaryl/α,β-unsaturated/α-hetero) is 1. The third-order valence-corrected chi connectivity index (χ3v) is 6.01. The van der Waals surface area contributed by atoms with Gasteiger partial charge in [-0.2, -0.15) is 0 Å². The van der Waals surface area contributed by atoms with Crippen molar-refractivity contribution in [1.29, 1.82) is 0 Å². The SMILES string of the molecule is Cc1ccc(C(=O)CCC(=O)N2CCN(C(=O)C3CC(=O)N(C(C)C)C3)CC2)cc1. The van der Waals surface area contributed by atoms with Crippen LogP contribution in [0.2, 0.25) is 0 Å². The number of piperazine rings is 1. The van der Waals surface area contributed by atoms with Crippen LogP contribution in [0.4, 0.5) is 0 Å². The van der Waals surface area contributed by atoms with Crippen molar-refractivity contribution in [2.75, 3.05) is 32.7 Å². The topological polar surface area (TPSA) is 78.0 Å². The zero-order valence-corrected chi connectivity index (χ0v) is 18.1. The van der Waals surface area contributed by atoms with Gasteiger partial charge in [-0.15, -0.1) is 0 Å². The summed E-state index contributed by atoms with van der Waals surface area (Å²) in [7, 11) is 0. The van der Waals surface area contributed by atoms with Crippen LogP contribution >= 0.6 is 0 Å². The Morgan fingerprint density at radius 1 is 0.967 bits per heavy atom.